The minimum Gasteiger partial charge on any atom is -0.480 e. The summed E-state index contributed by atoms with van der Waals surface area (Å²) >= 11 is 1.53. The zero-order chi connectivity index (χ0) is 18.2. The van der Waals surface area contributed by atoms with Crippen LogP contribution in [0.4, 0.5) is 13.2 Å². The van der Waals surface area contributed by atoms with Crippen molar-refractivity contribution in [2.75, 3.05) is 0 Å². The second kappa shape index (κ2) is 9.10. The predicted octanol–water partition coefficient (Wildman–Crippen LogP) is 0.840. The average molecular weight is 356 g/mol. The van der Waals surface area contributed by atoms with Crippen LogP contribution in [0.5, 0.6) is 0 Å². The number of halogens is 3. The highest BCUT2D eigenvalue weighted by molar-refractivity contribution is 7.07. The van der Waals surface area contributed by atoms with Gasteiger partial charge in [-0.2, -0.15) is 24.5 Å². The molecule has 0 aliphatic carbocycles. The largest absolute Gasteiger partial charge is 0.490 e. The van der Waals surface area contributed by atoms with Crippen molar-refractivity contribution in [3.63, 3.8) is 0 Å². The van der Waals surface area contributed by atoms with Crippen molar-refractivity contribution in [1.29, 1.82) is 0 Å². The number of nitrogens with one attached hydrogen (secondary N) is 1. The van der Waals surface area contributed by atoms with E-state index in [0.717, 1.165) is 5.56 Å². The molecule has 11 heteroatoms. The minimum atomic E-state index is -5.08. The Hall–Kier alpha value is -2.14. The first kappa shape index (κ1) is 20.9. The summed E-state index contributed by atoms with van der Waals surface area (Å²) < 4.78 is 31.7. The van der Waals surface area contributed by atoms with E-state index in [2.05, 4.69) is 5.32 Å². The summed E-state index contributed by atoms with van der Waals surface area (Å²) in [5, 5.41) is 21.9. The van der Waals surface area contributed by atoms with Crippen LogP contribution in [-0.2, 0) is 20.8 Å². The molecular formula is C12H15F3N2O5S. The molecule has 0 aromatic carbocycles. The van der Waals surface area contributed by atoms with Gasteiger partial charge in [0.2, 0.25) is 5.91 Å². The number of aliphatic carboxylic acids is 2. The molecule has 7 nitrogen and oxygen atoms in total. The van der Waals surface area contributed by atoms with E-state index >= 15 is 0 Å². The molecule has 1 heterocycles. The first-order valence-corrected chi connectivity index (χ1v) is 6.99. The second-order valence-corrected chi connectivity index (χ2v) is 5.09. The molecule has 0 bridgehead atoms. The molecule has 1 aromatic heterocycles. The molecule has 0 saturated heterocycles. The molecule has 5 N–H and O–H groups in total. The molecule has 0 aliphatic rings. The van der Waals surface area contributed by atoms with Crippen LogP contribution >= 0.6 is 11.3 Å². The molecule has 0 spiro atoms. The minimum absolute atomic E-state index is 0.418. The maximum Gasteiger partial charge on any atom is 0.490 e. The van der Waals surface area contributed by atoms with Crippen molar-refractivity contribution in [1.82, 2.24) is 5.32 Å². The van der Waals surface area contributed by atoms with Gasteiger partial charge >= 0.3 is 18.1 Å². The van der Waals surface area contributed by atoms with Gasteiger partial charge in [0.25, 0.3) is 0 Å². The molecule has 23 heavy (non-hydrogen) atoms. The fourth-order valence-electron chi connectivity index (χ4n) is 1.14. The average Bonchev–Trinajstić information content (AvgIpc) is 2.90. The summed E-state index contributed by atoms with van der Waals surface area (Å²) in [5.41, 5.74) is 6.64. The number of carbonyl (C=O) groups excluding carboxylic acids is 1. The van der Waals surface area contributed by atoms with Crippen LogP contribution in [0.15, 0.2) is 16.8 Å². The lowest BCUT2D eigenvalue weighted by molar-refractivity contribution is -0.192. The third-order valence-electron chi connectivity index (χ3n) is 2.34. The van der Waals surface area contributed by atoms with E-state index in [9.17, 15) is 22.8 Å². The Labute approximate surface area is 132 Å². The number of hydrogen-bond acceptors (Lipinski definition) is 5. The molecule has 0 aliphatic heterocycles. The van der Waals surface area contributed by atoms with E-state index < -0.39 is 36.1 Å². The van der Waals surface area contributed by atoms with Crippen molar-refractivity contribution in [3.8, 4) is 0 Å². The number of carbonyl (C=O) groups is 3. The molecule has 0 fully saturated rings. The zero-order valence-corrected chi connectivity index (χ0v) is 12.6. The van der Waals surface area contributed by atoms with Gasteiger partial charge in [0.05, 0.1) is 6.04 Å². The van der Waals surface area contributed by atoms with E-state index in [1.165, 1.54) is 18.3 Å². The second-order valence-electron chi connectivity index (χ2n) is 4.31. The summed E-state index contributed by atoms with van der Waals surface area (Å²) in [5.74, 6) is -4.27. The zero-order valence-electron chi connectivity index (χ0n) is 11.8. The number of nitrogens with two attached hydrogens (primary N) is 1. The third kappa shape index (κ3) is 8.78. The fourth-order valence-corrected chi connectivity index (χ4v) is 1.82. The Bertz CT molecular complexity index is 533. The van der Waals surface area contributed by atoms with Gasteiger partial charge in [-0.3, -0.25) is 9.59 Å². The molecule has 0 radical (unpaired) electrons. The lowest BCUT2D eigenvalue weighted by atomic mass is 10.1. The van der Waals surface area contributed by atoms with Crippen molar-refractivity contribution < 1.29 is 37.8 Å². The number of thiophene rings is 1. The van der Waals surface area contributed by atoms with Gasteiger partial charge in [0.1, 0.15) is 6.04 Å². The summed E-state index contributed by atoms with van der Waals surface area (Å²) in [6.07, 6.45) is -4.67. The van der Waals surface area contributed by atoms with E-state index in [4.69, 9.17) is 20.7 Å². The maximum absolute atomic E-state index is 11.5. The van der Waals surface area contributed by atoms with E-state index in [1.807, 2.05) is 16.8 Å². The van der Waals surface area contributed by atoms with Crippen molar-refractivity contribution >= 4 is 29.2 Å². The number of alkyl halides is 3. The van der Waals surface area contributed by atoms with Crippen molar-refractivity contribution in [2.24, 2.45) is 5.73 Å². The van der Waals surface area contributed by atoms with Crippen LogP contribution in [0.25, 0.3) is 0 Å². The lowest BCUT2D eigenvalue weighted by Crippen LogP contribution is -2.47. The van der Waals surface area contributed by atoms with Gasteiger partial charge in [0, 0.05) is 0 Å². The molecule has 130 valence electrons. The van der Waals surface area contributed by atoms with Gasteiger partial charge in [-0.05, 0) is 35.7 Å². The van der Waals surface area contributed by atoms with Crippen LogP contribution in [0.3, 0.4) is 0 Å². The number of carboxylic acid groups (broad SMARTS) is 2. The van der Waals surface area contributed by atoms with E-state index in [-0.39, 0.29) is 0 Å². The van der Waals surface area contributed by atoms with Gasteiger partial charge in [-0.25, -0.2) is 4.79 Å². The predicted molar refractivity (Wildman–Crippen MR) is 74.9 cm³/mol. The van der Waals surface area contributed by atoms with Gasteiger partial charge in [-0.15, -0.1) is 0 Å². The Morgan fingerprint density at radius 3 is 2.22 bits per heavy atom. The van der Waals surface area contributed by atoms with Crippen LogP contribution < -0.4 is 11.1 Å². The number of hydrogen-bond donors (Lipinski definition) is 4. The third-order valence-corrected chi connectivity index (χ3v) is 3.08. The van der Waals surface area contributed by atoms with Crippen molar-refractivity contribution in [2.45, 2.75) is 31.6 Å². The normalized spacial score (nSPS) is 13.3. The highest BCUT2D eigenvalue weighted by Crippen LogP contribution is 2.13. The molecule has 1 aromatic rings. The molecule has 0 unspecified atom stereocenters. The standard InChI is InChI=1S/C10H14N2O3S.C2HF3O2/c1-6(10(14)15)12-9(13)8(11)4-7-2-3-16-5-7;3-2(4,5)1(6)7/h2-3,5-6,8H,4,11H2,1H3,(H,12,13)(H,14,15);(H,6,7)/t6-,8-;/m0./s1. The van der Waals surface area contributed by atoms with E-state index in [0.29, 0.717) is 6.42 Å². The van der Waals surface area contributed by atoms with Crippen molar-refractivity contribution in [3.05, 3.63) is 22.4 Å². The summed E-state index contributed by atoms with van der Waals surface area (Å²) in [4.78, 5) is 30.9. The first-order chi connectivity index (χ1) is 10.4. The van der Waals surface area contributed by atoms with Crippen LogP contribution in [0, 0.1) is 0 Å². The van der Waals surface area contributed by atoms with Gasteiger partial charge in [0.15, 0.2) is 0 Å². The number of amides is 1. The van der Waals surface area contributed by atoms with Crippen LogP contribution in [0.1, 0.15) is 12.5 Å². The monoisotopic (exact) mass is 356 g/mol. The highest BCUT2D eigenvalue weighted by atomic mass is 32.1. The van der Waals surface area contributed by atoms with Gasteiger partial charge < -0.3 is 21.3 Å². The molecule has 2 atom stereocenters. The summed E-state index contributed by atoms with van der Waals surface area (Å²) in [6, 6.07) is 0.260. The molecule has 1 rings (SSSR count). The topological polar surface area (TPSA) is 130 Å². The van der Waals surface area contributed by atoms with Gasteiger partial charge in [-0.1, -0.05) is 0 Å². The summed E-state index contributed by atoms with van der Waals surface area (Å²) in [7, 11) is 0. The first-order valence-electron chi connectivity index (χ1n) is 6.05. The maximum atomic E-state index is 11.5. The lowest BCUT2D eigenvalue weighted by Gasteiger charge is -2.14. The number of rotatable bonds is 5. The highest BCUT2D eigenvalue weighted by Gasteiger charge is 2.38. The Balaban J connectivity index is 0.000000585. The van der Waals surface area contributed by atoms with Crippen LogP contribution in [-0.4, -0.2) is 46.3 Å². The smallest absolute Gasteiger partial charge is 0.480 e. The Kier molecular flexibility index (Phi) is 8.25. The molecular weight excluding hydrogens is 341 g/mol. The van der Waals surface area contributed by atoms with Crippen LogP contribution in [0.2, 0.25) is 0 Å². The Morgan fingerprint density at radius 1 is 1.35 bits per heavy atom. The molecule has 1 amide bonds. The SMILES string of the molecule is C[C@H](NC(=O)[C@@H](N)Cc1ccsc1)C(=O)O.O=C(O)C(F)(F)F. The Morgan fingerprint density at radius 2 is 1.87 bits per heavy atom. The fraction of sp³-hybridized carbons (Fsp3) is 0.417. The summed E-state index contributed by atoms with van der Waals surface area (Å²) in [6.45, 7) is 1.40. The number of carboxylic acids is 2. The van der Waals surface area contributed by atoms with E-state index in [1.54, 1.807) is 0 Å². The quantitative estimate of drug-likeness (QED) is 0.619. The molecule has 0 saturated carbocycles.